The second kappa shape index (κ2) is 7.93. The highest BCUT2D eigenvalue weighted by Crippen LogP contribution is 2.34. The number of aromatic nitrogens is 1. The van der Waals surface area contributed by atoms with E-state index in [0.29, 0.717) is 22.6 Å². The van der Waals surface area contributed by atoms with Gasteiger partial charge in [0, 0.05) is 17.4 Å². The number of amides is 3. The van der Waals surface area contributed by atoms with Gasteiger partial charge in [0.1, 0.15) is 11.3 Å². The van der Waals surface area contributed by atoms with Crippen LogP contribution >= 0.6 is 23.1 Å². The molecular weight excluding hydrogens is 384 g/mol. The molecule has 27 heavy (non-hydrogen) atoms. The maximum atomic E-state index is 12.2. The molecule has 2 aliphatic rings. The fourth-order valence-corrected chi connectivity index (χ4v) is 6.04. The highest BCUT2D eigenvalue weighted by Gasteiger charge is 2.42. The maximum absolute atomic E-state index is 12.2. The standard InChI is InChI=1S/C18H22N4O3S2/c1-25-11-5-4-7-13-16(11)22-18(27-13)20-14(23)8-3-2-6-12-15-10(9-26-12)19-17(24)21-15/h4-5,7,10,12,15H,2-3,6,8-9H2,1H3,(H2,19,21,24)(H,20,22,23)/t10-,12-,15+/m0/s1. The highest BCUT2D eigenvalue weighted by atomic mass is 32.2. The Hall–Kier alpha value is -2.00. The van der Waals surface area contributed by atoms with Gasteiger partial charge in [-0.15, -0.1) is 0 Å². The van der Waals surface area contributed by atoms with Crippen molar-refractivity contribution in [1.82, 2.24) is 15.6 Å². The van der Waals surface area contributed by atoms with Crippen molar-refractivity contribution in [2.45, 2.75) is 43.0 Å². The van der Waals surface area contributed by atoms with E-state index in [0.717, 1.165) is 35.2 Å². The SMILES string of the molecule is COc1cccc2sc(NC(=O)CCCC[C@@H]3SC[C@@H]4NC(=O)N[C@H]43)nc12. The predicted molar refractivity (Wildman–Crippen MR) is 109 cm³/mol. The molecule has 3 N–H and O–H groups in total. The van der Waals surface area contributed by atoms with E-state index in [1.165, 1.54) is 11.3 Å². The summed E-state index contributed by atoms with van der Waals surface area (Å²) < 4.78 is 6.30. The van der Waals surface area contributed by atoms with Crippen LogP contribution in [0.4, 0.5) is 9.93 Å². The van der Waals surface area contributed by atoms with Crippen LogP contribution in [0.5, 0.6) is 5.75 Å². The van der Waals surface area contributed by atoms with Gasteiger partial charge in [0.05, 0.1) is 23.9 Å². The predicted octanol–water partition coefficient (Wildman–Crippen LogP) is 2.97. The van der Waals surface area contributed by atoms with Crippen molar-refractivity contribution in [3.8, 4) is 5.75 Å². The Balaban J connectivity index is 1.23. The molecule has 0 spiro atoms. The summed E-state index contributed by atoms with van der Waals surface area (Å²) in [7, 11) is 1.62. The molecule has 2 aliphatic heterocycles. The minimum atomic E-state index is -0.0536. The summed E-state index contributed by atoms with van der Waals surface area (Å²) in [4.78, 5) is 28.1. The van der Waals surface area contributed by atoms with Gasteiger partial charge in [0.15, 0.2) is 5.13 Å². The number of rotatable bonds is 7. The van der Waals surface area contributed by atoms with Gasteiger partial charge in [0.25, 0.3) is 0 Å². The zero-order valence-corrected chi connectivity index (χ0v) is 16.6. The molecule has 1 aromatic carbocycles. The fourth-order valence-electron chi connectivity index (χ4n) is 3.60. The second-order valence-corrected chi connectivity index (χ2v) is 9.04. The van der Waals surface area contributed by atoms with Gasteiger partial charge in [-0.05, 0) is 25.0 Å². The molecule has 3 amide bonds. The summed E-state index contributed by atoms with van der Waals surface area (Å²) in [6.07, 6.45) is 3.29. The fraction of sp³-hybridized carbons (Fsp3) is 0.500. The number of para-hydroxylation sites is 1. The zero-order valence-electron chi connectivity index (χ0n) is 15.0. The van der Waals surface area contributed by atoms with Crippen LogP contribution in [0, 0.1) is 0 Å². The number of nitrogens with zero attached hydrogens (tertiary/aromatic N) is 1. The molecule has 2 saturated heterocycles. The number of thioether (sulfide) groups is 1. The van der Waals surface area contributed by atoms with Crippen molar-refractivity contribution in [2.75, 3.05) is 18.2 Å². The molecule has 0 bridgehead atoms. The molecule has 7 nitrogen and oxygen atoms in total. The van der Waals surface area contributed by atoms with Gasteiger partial charge in [-0.3, -0.25) is 4.79 Å². The first kappa shape index (κ1) is 18.4. The van der Waals surface area contributed by atoms with Crippen molar-refractivity contribution in [3.05, 3.63) is 18.2 Å². The van der Waals surface area contributed by atoms with Gasteiger partial charge in [-0.2, -0.15) is 11.8 Å². The summed E-state index contributed by atoms with van der Waals surface area (Å²) >= 11 is 3.36. The Morgan fingerprint density at radius 1 is 1.37 bits per heavy atom. The smallest absolute Gasteiger partial charge is 0.315 e. The monoisotopic (exact) mass is 406 g/mol. The number of fused-ring (bicyclic) bond motifs is 2. The minimum Gasteiger partial charge on any atom is -0.494 e. The molecule has 3 atom stereocenters. The van der Waals surface area contributed by atoms with E-state index < -0.39 is 0 Å². The third-order valence-corrected chi connectivity index (χ3v) is 7.37. The largest absolute Gasteiger partial charge is 0.494 e. The van der Waals surface area contributed by atoms with Crippen molar-refractivity contribution < 1.29 is 14.3 Å². The number of thiazole rings is 1. The normalized spacial score (nSPS) is 23.7. The molecule has 2 aromatic rings. The first-order valence-corrected chi connectivity index (χ1v) is 10.9. The number of nitrogens with one attached hydrogen (secondary N) is 3. The van der Waals surface area contributed by atoms with Crippen molar-refractivity contribution in [1.29, 1.82) is 0 Å². The summed E-state index contributed by atoms with van der Waals surface area (Å²) in [5.41, 5.74) is 0.778. The second-order valence-electron chi connectivity index (χ2n) is 6.74. The molecule has 144 valence electrons. The summed E-state index contributed by atoms with van der Waals surface area (Å²) in [5.74, 6) is 1.67. The van der Waals surface area contributed by atoms with E-state index in [2.05, 4.69) is 20.9 Å². The van der Waals surface area contributed by atoms with E-state index in [1.54, 1.807) is 7.11 Å². The van der Waals surface area contributed by atoms with E-state index in [-0.39, 0.29) is 24.0 Å². The third-order valence-electron chi connectivity index (χ3n) is 4.93. The number of carbonyl (C=O) groups excluding carboxylic acids is 2. The lowest BCUT2D eigenvalue weighted by Crippen LogP contribution is -2.36. The lowest BCUT2D eigenvalue weighted by molar-refractivity contribution is -0.116. The number of ether oxygens (including phenoxy) is 1. The lowest BCUT2D eigenvalue weighted by atomic mass is 10.0. The van der Waals surface area contributed by atoms with Crippen LogP contribution in [0.25, 0.3) is 10.2 Å². The van der Waals surface area contributed by atoms with E-state index in [4.69, 9.17) is 4.74 Å². The quantitative estimate of drug-likeness (QED) is 0.486. The van der Waals surface area contributed by atoms with E-state index >= 15 is 0 Å². The molecule has 0 saturated carbocycles. The van der Waals surface area contributed by atoms with Gasteiger partial charge < -0.3 is 20.7 Å². The van der Waals surface area contributed by atoms with Crippen LogP contribution in [0.2, 0.25) is 0 Å². The van der Waals surface area contributed by atoms with Crippen LogP contribution < -0.4 is 20.7 Å². The zero-order chi connectivity index (χ0) is 18.8. The Morgan fingerprint density at radius 2 is 2.26 bits per heavy atom. The average Bonchev–Trinajstić information content (AvgIpc) is 3.32. The van der Waals surface area contributed by atoms with Gasteiger partial charge in [0.2, 0.25) is 5.91 Å². The molecule has 9 heteroatoms. The van der Waals surface area contributed by atoms with E-state index in [1.807, 2.05) is 30.0 Å². The Bertz CT molecular complexity index is 856. The Morgan fingerprint density at radius 3 is 3.11 bits per heavy atom. The Kier molecular flexibility index (Phi) is 5.40. The lowest BCUT2D eigenvalue weighted by Gasteiger charge is -2.16. The first-order valence-electron chi connectivity index (χ1n) is 9.06. The number of hydrogen-bond donors (Lipinski definition) is 3. The van der Waals surface area contributed by atoms with Crippen LogP contribution in [-0.4, -0.2) is 47.1 Å². The number of methoxy groups -OCH3 is 1. The number of unbranched alkanes of at least 4 members (excludes halogenated alkanes) is 1. The number of hydrogen-bond acceptors (Lipinski definition) is 6. The van der Waals surface area contributed by atoms with Crippen molar-refractivity contribution in [3.63, 3.8) is 0 Å². The first-order chi connectivity index (χ1) is 13.1. The van der Waals surface area contributed by atoms with Gasteiger partial charge >= 0.3 is 6.03 Å². The maximum Gasteiger partial charge on any atom is 0.315 e. The van der Waals surface area contributed by atoms with E-state index in [9.17, 15) is 9.59 Å². The summed E-state index contributed by atoms with van der Waals surface area (Å²) in [5, 5.41) is 9.89. The van der Waals surface area contributed by atoms with Gasteiger partial charge in [-0.25, -0.2) is 9.78 Å². The van der Waals surface area contributed by atoms with Crippen LogP contribution in [-0.2, 0) is 4.79 Å². The molecule has 2 fully saturated rings. The molecule has 0 radical (unpaired) electrons. The highest BCUT2D eigenvalue weighted by molar-refractivity contribution is 8.00. The molecule has 1 aromatic heterocycles. The van der Waals surface area contributed by atoms with Crippen LogP contribution in [0.3, 0.4) is 0 Å². The topological polar surface area (TPSA) is 92.4 Å². The number of anilines is 1. The molecular formula is C18H22N4O3S2. The number of benzene rings is 1. The molecule has 0 unspecified atom stereocenters. The Labute approximate surface area is 165 Å². The van der Waals surface area contributed by atoms with Gasteiger partial charge in [-0.1, -0.05) is 23.8 Å². The number of urea groups is 1. The average molecular weight is 407 g/mol. The molecule has 4 rings (SSSR count). The van der Waals surface area contributed by atoms with Crippen LogP contribution in [0.1, 0.15) is 25.7 Å². The molecule has 3 heterocycles. The van der Waals surface area contributed by atoms with Crippen LogP contribution in [0.15, 0.2) is 18.2 Å². The summed E-state index contributed by atoms with van der Waals surface area (Å²) in [6, 6.07) is 6.18. The number of carbonyl (C=O) groups is 2. The van der Waals surface area contributed by atoms with Crippen molar-refractivity contribution in [2.24, 2.45) is 0 Å². The summed E-state index contributed by atoms with van der Waals surface area (Å²) in [6.45, 7) is 0. The third kappa shape index (κ3) is 3.98. The van der Waals surface area contributed by atoms with Crippen molar-refractivity contribution >= 4 is 50.4 Å². The minimum absolute atomic E-state index is 0.0131. The molecule has 0 aliphatic carbocycles.